The van der Waals surface area contributed by atoms with E-state index in [0.717, 1.165) is 24.2 Å². The first kappa shape index (κ1) is 15.3. The normalized spacial score (nSPS) is 45.2. The van der Waals surface area contributed by atoms with Gasteiger partial charge >= 0.3 is 0 Å². The molecule has 4 aliphatic rings. The van der Waals surface area contributed by atoms with Crippen molar-refractivity contribution < 1.29 is 5.11 Å². The average Bonchev–Trinajstić information content (AvgIpc) is 2.82. The van der Waals surface area contributed by atoms with Gasteiger partial charge in [-0.15, -0.1) is 0 Å². The lowest BCUT2D eigenvalue weighted by Crippen LogP contribution is -2.46. The second-order valence-corrected chi connectivity index (χ2v) is 8.01. The monoisotopic (exact) mass is 288 g/mol. The number of hydrogen-bond acceptors (Lipinski definition) is 1. The molecule has 0 saturated heterocycles. The van der Waals surface area contributed by atoms with Gasteiger partial charge in [0, 0.05) is 0 Å². The molecule has 0 radical (unpaired) electrons. The van der Waals surface area contributed by atoms with Gasteiger partial charge in [0.25, 0.3) is 0 Å². The van der Waals surface area contributed by atoms with Crippen molar-refractivity contribution in [2.75, 3.05) is 0 Å². The third kappa shape index (κ3) is 2.15. The zero-order valence-corrected chi connectivity index (χ0v) is 13.0. The summed E-state index contributed by atoms with van der Waals surface area (Å²) >= 11 is 0. The number of aliphatic hydroxyl groups excluding tert-OH is 1. The van der Waals surface area contributed by atoms with Crippen molar-refractivity contribution in [1.82, 2.24) is 0 Å². The van der Waals surface area contributed by atoms with Gasteiger partial charge in [0.05, 0.1) is 6.10 Å². The molecule has 0 aromatic rings. The average molecular weight is 288 g/mol. The smallest absolute Gasteiger partial charge is 0.0724 e. The van der Waals surface area contributed by atoms with Gasteiger partial charge in [0.2, 0.25) is 0 Å². The molecule has 4 aliphatic carbocycles. The molecule has 0 amide bonds. The maximum absolute atomic E-state index is 9.96. The van der Waals surface area contributed by atoms with Crippen LogP contribution in [0.5, 0.6) is 0 Å². The summed E-state index contributed by atoms with van der Waals surface area (Å²) in [6.07, 6.45) is 12.4. The van der Waals surface area contributed by atoms with Crippen molar-refractivity contribution in [2.24, 2.45) is 23.2 Å². The van der Waals surface area contributed by atoms with Crippen LogP contribution in [0.4, 0.5) is 0 Å². The SMILES string of the molecule is C.CC1=C2CCC3C(CCC4=C[C@@H](O)CC[C@@]43C)C2CC1. The van der Waals surface area contributed by atoms with Crippen molar-refractivity contribution in [3.05, 3.63) is 22.8 Å². The van der Waals surface area contributed by atoms with Crippen LogP contribution >= 0.6 is 0 Å². The highest BCUT2D eigenvalue weighted by Crippen LogP contribution is 2.61. The summed E-state index contributed by atoms with van der Waals surface area (Å²) in [5.74, 6) is 2.74. The van der Waals surface area contributed by atoms with Crippen LogP contribution in [0.1, 0.15) is 72.6 Å². The molecule has 118 valence electrons. The number of hydrogen-bond donors (Lipinski definition) is 1. The van der Waals surface area contributed by atoms with Crippen LogP contribution in [-0.4, -0.2) is 11.2 Å². The molecule has 1 N–H and O–H groups in total. The maximum atomic E-state index is 9.96. The lowest BCUT2D eigenvalue weighted by Gasteiger charge is -2.54. The van der Waals surface area contributed by atoms with Crippen LogP contribution in [0.25, 0.3) is 0 Å². The summed E-state index contributed by atoms with van der Waals surface area (Å²) in [6, 6.07) is 0. The minimum absolute atomic E-state index is 0. The Bertz CT molecular complexity index is 486. The quantitative estimate of drug-likeness (QED) is 0.603. The number of fused-ring (bicyclic) bond motifs is 5. The molecule has 0 aromatic heterocycles. The largest absolute Gasteiger partial charge is 0.389 e. The number of aliphatic hydroxyl groups is 1. The van der Waals surface area contributed by atoms with E-state index in [1.54, 1.807) is 11.1 Å². The molecule has 21 heavy (non-hydrogen) atoms. The van der Waals surface area contributed by atoms with E-state index in [1.807, 2.05) is 5.57 Å². The van der Waals surface area contributed by atoms with Gasteiger partial charge in [-0.2, -0.15) is 0 Å². The Kier molecular flexibility index (Phi) is 3.84. The molecule has 0 heterocycles. The fourth-order valence-electron chi connectivity index (χ4n) is 6.12. The van der Waals surface area contributed by atoms with E-state index < -0.39 is 0 Å². The lowest BCUT2D eigenvalue weighted by molar-refractivity contribution is 0.0285. The third-order valence-corrected chi connectivity index (χ3v) is 7.24. The van der Waals surface area contributed by atoms with E-state index in [0.29, 0.717) is 5.41 Å². The summed E-state index contributed by atoms with van der Waals surface area (Å²) in [4.78, 5) is 0. The predicted molar refractivity (Wildman–Crippen MR) is 89.0 cm³/mol. The Hall–Kier alpha value is -0.560. The molecule has 3 unspecified atom stereocenters. The van der Waals surface area contributed by atoms with Crippen molar-refractivity contribution in [3.8, 4) is 0 Å². The molecule has 2 saturated carbocycles. The number of rotatable bonds is 0. The fraction of sp³-hybridized carbons (Fsp3) is 0.800. The molecular formula is C20H32O. The van der Waals surface area contributed by atoms with Crippen molar-refractivity contribution in [3.63, 3.8) is 0 Å². The molecule has 1 nitrogen and oxygen atoms in total. The second-order valence-electron chi connectivity index (χ2n) is 8.01. The Morgan fingerprint density at radius 1 is 1.10 bits per heavy atom. The zero-order chi connectivity index (χ0) is 13.9. The standard InChI is InChI=1S/C19H28O.CH4/c1-12-3-5-16-15(12)7-8-18-17(16)6-4-13-11-14(20)9-10-19(13,18)2;/h11,14,16-18,20H,3-10H2,1-2H3;1H4/t14-,16?,17?,18?,19-;/m0./s1. The molecular weight excluding hydrogens is 256 g/mol. The van der Waals surface area contributed by atoms with Crippen LogP contribution in [0, 0.1) is 23.2 Å². The van der Waals surface area contributed by atoms with E-state index in [4.69, 9.17) is 0 Å². The highest BCUT2D eigenvalue weighted by molar-refractivity contribution is 5.30. The molecule has 4 rings (SSSR count). The van der Waals surface area contributed by atoms with Crippen LogP contribution in [0.3, 0.4) is 0 Å². The Labute approximate surface area is 130 Å². The Balaban J connectivity index is 0.00000132. The first-order valence-electron chi connectivity index (χ1n) is 8.67. The van der Waals surface area contributed by atoms with E-state index in [-0.39, 0.29) is 13.5 Å². The van der Waals surface area contributed by atoms with Crippen molar-refractivity contribution in [2.45, 2.75) is 78.7 Å². The molecule has 0 aromatic carbocycles. The Morgan fingerprint density at radius 2 is 1.90 bits per heavy atom. The minimum Gasteiger partial charge on any atom is -0.389 e. The summed E-state index contributed by atoms with van der Waals surface area (Å²) in [6.45, 7) is 4.89. The second kappa shape index (κ2) is 5.26. The summed E-state index contributed by atoms with van der Waals surface area (Å²) in [5, 5.41) is 9.96. The van der Waals surface area contributed by atoms with Gasteiger partial charge in [-0.25, -0.2) is 0 Å². The Morgan fingerprint density at radius 3 is 2.71 bits per heavy atom. The summed E-state index contributed by atoms with van der Waals surface area (Å²) in [5.41, 5.74) is 5.57. The summed E-state index contributed by atoms with van der Waals surface area (Å²) < 4.78 is 0. The van der Waals surface area contributed by atoms with Gasteiger partial charge < -0.3 is 5.11 Å². The van der Waals surface area contributed by atoms with Crippen LogP contribution in [0.2, 0.25) is 0 Å². The van der Waals surface area contributed by atoms with Crippen LogP contribution in [-0.2, 0) is 0 Å². The first-order valence-corrected chi connectivity index (χ1v) is 8.67. The zero-order valence-electron chi connectivity index (χ0n) is 13.0. The highest BCUT2D eigenvalue weighted by atomic mass is 16.3. The van der Waals surface area contributed by atoms with Crippen molar-refractivity contribution >= 4 is 0 Å². The predicted octanol–water partition coefficient (Wildman–Crippen LogP) is 5.26. The maximum Gasteiger partial charge on any atom is 0.0724 e. The van der Waals surface area contributed by atoms with E-state index in [1.165, 1.54) is 44.9 Å². The fourth-order valence-corrected chi connectivity index (χ4v) is 6.12. The van der Waals surface area contributed by atoms with E-state index in [2.05, 4.69) is 19.9 Å². The molecule has 1 heteroatoms. The van der Waals surface area contributed by atoms with E-state index >= 15 is 0 Å². The number of allylic oxidation sites excluding steroid dienone is 3. The van der Waals surface area contributed by atoms with Gasteiger partial charge in [0.15, 0.2) is 0 Å². The van der Waals surface area contributed by atoms with E-state index in [9.17, 15) is 5.11 Å². The third-order valence-electron chi connectivity index (χ3n) is 7.24. The van der Waals surface area contributed by atoms with Crippen molar-refractivity contribution in [1.29, 1.82) is 0 Å². The molecule has 5 atom stereocenters. The molecule has 0 aliphatic heterocycles. The first-order chi connectivity index (χ1) is 9.59. The summed E-state index contributed by atoms with van der Waals surface area (Å²) in [7, 11) is 0. The van der Waals surface area contributed by atoms with Gasteiger partial charge in [-0.05, 0) is 81.5 Å². The van der Waals surface area contributed by atoms with Gasteiger partial charge in [-0.3, -0.25) is 0 Å². The molecule has 0 bridgehead atoms. The lowest BCUT2D eigenvalue weighted by atomic mass is 9.50. The van der Waals surface area contributed by atoms with Crippen LogP contribution < -0.4 is 0 Å². The highest BCUT2D eigenvalue weighted by Gasteiger charge is 2.51. The molecule has 0 spiro atoms. The minimum atomic E-state index is -0.164. The van der Waals surface area contributed by atoms with Gasteiger partial charge in [0.1, 0.15) is 0 Å². The van der Waals surface area contributed by atoms with Crippen LogP contribution in [0.15, 0.2) is 22.8 Å². The topological polar surface area (TPSA) is 20.2 Å². The van der Waals surface area contributed by atoms with Gasteiger partial charge in [-0.1, -0.05) is 37.1 Å². The molecule has 2 fully saturated rings.